The zero-order valence-electron chi connectivity index (χ0n) is 18.9. The van der Waals surface area contributed by atoms with E-state index in [0.717, 1.165) is 43.6 Å². The number of aromatic nitrogens is 2. The average molecular weight is 485 g/mol. The zero-order chi connectivity index (χ0) is 23.5. The number of hydrogen-bond acceptors (Lipinski definition) is 3. The molecular weight excluding hydrogens is 455 g/mol. The number of carbonyl (C=O) groups excluding carboxylic acids is 1. The second-order valence-electron chi connectivity index (χ2n) is 8.03. The van der Waals surface area contributed by atoms with Crippen LogP contribution in [0.2, 0.25) is 10.0 Å². The summed E-state index contributed by atoms with van der Waals surface area (Å²) >= 11 is 12.0. The summed E-state index contributed by atoms with van der Waals surface area (Å²) in [4.78, 5) is 18.4. The van der Waals surface area contributed by atoms with Gasteiger partial charge in [-0.1, -0.05) is 53.6 Å². The lowest BCUT2D eigenvalue weighted by molar-refractivity contribution is -0.120. The van der Waals surface area contributed by atoms with Gasteiger partial charge in [-0.2, -0.15) is 0 Å². The van der Waals surface area contributed by atoms with Crippen LogP contribution in [0.3, 0.4) is 0 Å². The van der Waals surface area contributed by atoms with Crippen LogP contribution in [0, 0.1) is 0 Å². The molecule has 0 radical (unpaired) electrons. The second kappa shape index (κ2) is 13.2. The van der Waals surface area contributed by atoms with Crippen LogP contribution < -0.4 is 5.32 Å². The average Bonchev–Trinajstić information content (AvgIpc) is 3.35. The van der Waals surface area contributed by atoms with Crippen molar-refractivity contribution >= 4 is 35.2 Å². The minimum atomic E-state index is 0.0502. The second-order valence-corrected chi connectivity index (χ2v) is 8.84. The lowest BCUT2D eigenvalue weighted by atomic mass is 10.1. The van der Waals surface area contributed by atoms with Crippen LogP contribution in [0.4, 0.5) is 0 Å². The Hall–Kier alpha value is -2.60. The van der Waals surface area contributed by atoms with Gasteiger partial charge in [0.15, 0.2) is 0 Å². The van der Waals surface area contributed by atoms with Crippen molar-refractivity contribution in [1.29, 1.82) is 0 Å². The minimum absolute atomic E-state index is 0.0502. The Morgan fingerprint density at radius 2 is 1.91 bits per heavy atom. The van der Waals surface area contributed by atoms with E-state index in [-0.39, 0.29) is 5.91 Å². The fourth-order valence-electron chi connectivity index (χ4n) is 3.41. The Morgan fingerprint density at radius 3 is 2.64 bits per heavy atom. The molecule has 2 aromatic carbocycles. The fourth-order valence-corrected chi connectivity index (χ4v) is 3.73. The van der Waals surface area contributed by atoms with Crippen LogP contribution in [-0.4, -0.2) is 47.0 Å². The summed E-state index contributed by atoms with van der Waals surface area (Å²) in [6.07, 6.45) is 12.6. The summed E-state index contributed by atoms with van der Waals surface area (Å²) in [5.41, 5.74) is 3.31. The number of nitrogens with one attached hydrogen (secondary N) is 1. The van der Waals surface area contributed by atoms with Gasteiger partial charge in [-0.05, 0) is 68.2 Å². The molecule has 0 aliphatic carbocycles. The molecule has 0 fully saturated rings. The van der Waals surface area contributed by atoms with Crippen LogP contribution in [0.25, 0.3) is 11.8 Å². The quantitative estimate of drug-likeness (QED) is 0.337. The van der Waals surface area contributed by atoms with Gasteiger partial charge in [-0.15, -0.1) is 0 Å². The Labute approximate surface area is 206 Å². The smallest absolute Gasteiger partial charge is 0.223 e. The third-order valence-electron chi connectivity index (χ3n) is 5.36. The Morgan fingerprint density at radius 1 is 1.09 bits per heavy atom. The van der Waals surface area contributed by atoms with Crippen molar-refractivity contribution in [2.75, 3.05) is 26.7 Å². The highest BCUT2D eigenvalue weighted by Crippen LogP contribution is 2.22. The van der Waals surface area contributed by atoms with E-state index in [2.05, 4.69) is 22.2 Å². The van der Waals surface area contributed by atoms with Gasteiger partial charge in [-0.3, -0.25) is 4.79 Å². The van der Waals surface area contributed by atoms with Crippen LogP contribution in [-0.2, 0) is 11.2 Å². The van der Waals surface area contributed by atoms with Crippen molar-refractivity contribution in [1.82, 2.24) is 19.8 Å². The lowest BCUT2D eigenvalue weighted by Gasteiger charge is -2.16. The standard InChI is InChI=1S/C26H30Cl2N4O/c1-31(17-13-22-9-12-24(27)25(28)19-22)16-3-2-14-30-26(33)6-4-5-21-7-10-23(11-8-21)32-18-15-29-20-32/h4-5,7-12,15,18-20H,2-3,6,13-14,16-17H2,1H3,(H,30,33)/b5-4+. The van der Waals surface area contributed by atoms with E-state index in [1.165, 1.54) is 5.56 Å². The molecule has 1 heterocycles. The third kappa shape index (κ3) is 8.69. The van der Waals surface area contributed by atoms with Gasteiger partial charge in [0, 0.05) is 37.6 Å². The van der Waals surface area contributed by atoms with E-state index in [1.54, 1.807) is 12.5 Å². The van der Waals surface area contributed by atoms with Crippen molar-refractivity contribution < 1.29 is 4.79 Å². The van der Waals surface area contributed by atoms with Crippen molar-refractivity contribution in [2.24, 2.45) is 0 Å². The number of benzene rings is 2. The van der Waals surface area contributed by atoms with Crippen molar-refractivity contribution in [3.63, 3.8) is 0 Å². The summed E-state index contributed by atoms with van der Waals surface area (Å²) in [5.74, 6) is 0.0502. The highest BCUT2D eigenvalue weighted by atomic mass is 35.5. The predicted molar refractivity (Wildman–Crippen MR) is 137 cm³/mol. The fraction of sp³-hybridized carbons (Fsp3) is 0.308. The van der Waals surface area contributed by atoms with Gasteiger partial charge >= 0.3 is 0 Å². The van der Waals surface area contributed by atoms with Gasteiger partial charge in [0.2, 0.25) is 5.91 Å². The zero-order valence-corrected chi connectivity index (χ0v) is 20.4. The first-order valence-electron chi connectivity index (χ1n) is 11.2. The number of amides is 1. The van der Waals surface area contributed by atoms with Crippen LogP contribution >= 0.6 is 23.2 Å². The molecule has 3 rings (SSSR count). The highest BCUT2D eigenvalue weighted by Gasteiger charge is 2.03. The first kappa shape index (κ1) is 25.0. The van der Waals surface area contributed by atoms with Gasteiger partial charge in [0.25, 0.3) is 0 Å². The van der Waals surface area contributed by atoms with Crippen LogP contribution in [0.15, 0.2) is 67.3 Å². The number of carbonyl (C=O) groups is 1. The molecule has 0 aliphatic rings. The molecule has 7 heteroatoms. The largest absolute Gasteiger partial charge is 0.356 e. The lowest BCUT2D eigenvalue weighted by Crippen LogP contribution is -2.26. The number of unbranched alkanes of at least 4 members (excludes halogenated alkanes) is 1. The molecule has 0 spiro atoms. The Kier molecular flexibility index (Phi) is 10.0. The molecule has 3 aromatic rings. The molecule has 0 saturated carbocycles. The SMILES string of the molecule is CN(CCCCNC(=O)C/C=C/c1ccc(-n2ccnc2)cc1)CCc1ccc(Cl)c(Cl)c1. The van der Waals surface area contributed by atoms with Gasteiger partial charge in [-0.25, -0.2) is 4.98 Å². The van der Waals surface area contributed by atoms with E-state index < -0.39 is 0 Å². The van der Waals surface area contributed by atoms with Gasteiger partial charge in [0.1, 0.15) is 0 Å². The van der Waals surface area contributed by atoms with E-state index in [1.807, 2.05) is 65.4 Å². The van der Waals surface area contributed by atoms with E-state index in [0.29, 0.717) is 23.0 Å². The van der Waals surface area contributed by atoms with Crippen LogP contribution in [0.5, 0.6) is 0 Å². The monoisotopic (exact) mass is 484 g/mol. The molecular formula is C26H30Cl2N4O. The number of rotatable bonds is 12. The third-order valence-corrected chi connectivity index (χ3v) is 6.10. The molecule has 1 amide bonds. The topological polar surface area (TPSA) is 50.2 Å². The van der Waals surface area contributed by atoms with Gasteiger partial charge < -0.3 is 14.8 Å². The molecule has 1 aromatic heterocycles. The first-order valence-corrected chi connectivity index (χ1v) is 11.9. The number of halogens is 2. The summed E-state index contributed by atoms with van der Waals surface area (Å²) in [7, 11) is 2.11. The number of likely N-dealkylation sites (N-methyl/N-ethyl adjacent to an activating group) is 1. The maximum Gasteiger partial charge on any atom is 0.223 e. The maximum atomic E-state index is 12.0. The molecule has 33 heavy (non-hydrogen) atoms. The summed E-state index contributed by atoms with van der Waals surface area (Å²) in [5, 5.41) is 4.19. The number of nitrogens with zero attached hydrogens (tertiary/aromatic N) is 3. The Balaban J connectivity index is 1.25. The minimum Gasteiger partial charge on any atom is -0.356 e. The highest BCUT2D eigenvalue weighted by molar-refractivity contribution is 6.42. The van der Waals surface area contributed by atoms with Crippen molar-refractivity contribution in [3.05, 3.63) is 88.4 Å². The van der Waals surface area contributed by atoms with E-state index >= 15 is 0 Å². The normalized spacial score (nSPS) is 11.4. The predicted octanol–water partition coefficient (Wildman–Crippen LogP) is 5.65. The van der Waals surface area contributed by atoms with Crippen LogP contribution in [0.1, 0.15) is 30.4 Å². The first-order chi connectivity index (χ1) is 16.0. The number of imidazole rings is 1. The maximum absolute atomic E-state index is 12.0. The molecule has 0 saturated heterocycles. The summed E-state index contributed by atoms with van der Waals surface area (Å²) in [6.45, 7) is 2.65. The van der Waals surface area contributed by atoms with Gasteiger partial charge in [0.05, 0.1) is 16.4 Å². The molecule has 1 N–H and O–H groups in total. The number of hydrogen-bond donors (Lipinski definition) is 1. The molecule has 0 bridgehead atoms. The summed E-state index contributed by atoms with van der Waals surface area (Å²) in [6, 6.07) is 13.9. The molecule has 0 unspecified atom stereocenters. The Bertz CT molecular complexity index is 1030. The molecule has 174 valence electrons. The molecule has 0 atom stereocenters. The molecule has 5 nitrogen and oxygen atoms in total. The van der Waals surface area contributed by atoms with Crippen molar-refractivity contribution in [3.8, 4) is 5.69 Å². The van der Waals surface area contributed by atoms with Crippen molar-refractivity contribution in [2.45, 2.75) is 25.7 Å². The van der Waals surface area contributed by atoms with E-state index in [4.69, 9.17) is 23.2 Å². The van der Waals surface area contributed by atoms with E-state index in [9.17, 15) is 4.79 Å². The molecule has 0 aliphatic heterocycles. The summed E-state index contributed by atoms with van der Waals surface area (Å²) < 4.78 is 1.95.